The van der Waals surface area contributed by atoms with E-state index >= 15 is 0 Å². The molecule has 0 aliphatic heterocycles. The zero-order chi connectivity index (χ0) is 13.1. The summed E-state index contributed by atoms with van der Waals surface area (Å²) >= 11 is 0. The Kier molecular flexibility index (Phi) is 3.84. The van der Waals surface area contributed by atoms with Gasteiger partial charge in [-0.15, -0.1) is 6.42 Å². The molecule has 1 amide bonds. The number of amides is 1. The minimum atomic E-state index is -0.660. The highest BCUT2D eigenvalue weighted by molar-refractivity contribution is 5.94. The molecule has 92 valence electrons. The molecule has 0 saturated heterocycles. The summed E-state index contributed by atoms with van der Waals surface area (Å²) in [5, 5.41) is 2.78. The molecule has 0 unspecified atom stereocenters. The van der Waals surface area contributed by atoms with Crippen molar-refractivity contribution in [1.29, 1.82) is 0 Å². The minimum absolute atomic E-state index is 0.196. The number of terminal acetylenes is 1. The zero-order valence-corrected chi connectivity index (χ0v) is 10.6. The highest BCUT2D eigenvalue weighted by Crippen LogP contribution is 2.12. The SMILES string of the molecule is C#CC(C)(C)NC(=O)c1cc(N)cn1CCC. The Morgan fingerprint density at radius 3 is 2.82 bits per heavy atom. The summed E-state index contributed by atoms with van der Waals surface area (Å²) in [5.74, 6) is 2.33. The van der Waals surface area contributed by atoms with Gasteiger partial charge in [-0.2, -0.15) is 0 Å². The molecule has 1 aromatic heterocycles. The first kappa shape index (κ1) is 13.2. The number of hydrogen-bond acceptors (Lipinski definition) is 2. The molecule has 17 heavy (non-hydrogen) atoms. The van der Waals surface area contributed by atoms with E-state index in [0.717, 1.165) is 13.0 Å². The van der Waals surface area contributed by atoms with Crippen molar-refractivity contribution in [3.63, 3.8) is 0 Å². The van der Waals surface area contributed by atoms with Crippen molar-refractivity contribution < 1.29 is 4.79 Å². The van der Waals surface area contributed by atoms with Gasteiger partial charge in [0.25, 0.3) is 5.91 Å². The predicted molar refractivity (Wildman–Crippen MR) is 69.5 cm³/mol. The quantitative estimate of drug-likeness (QED) is 0.776. The van der Waals surface area contributed by atoms with Crippen molar-refractivity contribution in [2.75, 3.05) is 5.73 Å². The molecule has 0 aliphatic carbocycles. The molecule has 1 aromatic rings. The second-order valence-electron chi connectivity index (χ2n) is 4.58. The van der Waals surface area contributed by atoms with Crippen LogP contribution in [0.2, 0.25) is 0 Å². The van der Waals surface area contributed by atoms with Crippen molar-refractivity contribution >= 4 is 11.6 Å². The summed E-state index contributed by atoms with van der Waals surface area (Å²) in [5.41, 5.74) is 6.18. The van der Waals surface area contributed by atoms with E-state index in [2.05, 4.69) is 11.2 Å². The van der Waals surface area contributed by atoms with Crippen LogP contribution in [0.25, 0.3) is 0 Å². The minimum Gasteiger partial charge on any atom is -0.397 e. The van der Waals surface area contributed by atoms with Gasteiger partial charge in [0.2, 0.25) is 0 Å². The fraction of sp³-hybridized carbons (Fsp3) is 0.462. The van der Waals surface area contributed by atoms with Crippen molar-refractivity contribution in [2.45, 2.75) is 39.3 Å². The van der Waals surface area contributed by atoms with Crippen LogP contribution < -0.4 is 11.1 Å². The zero-order valence-electron chi connectivity index (χ0n) is 10.6. The Morgan fingerprint density at radius 1 is 1.65 bits per heavy atom. The predicted octanol–water partition coefficient (Wildman–Crippen LogP) is 1.62. The Morgan fingerprint density at radius 2 is 2.29 bits per heavy atom. The molecule has 0 spiro atoms. The topological polar surface area (TPSA) is 60.1 Å². The van der Waals surface area contributed by atoms with Crippen LogP contribution in [0, 0.1) is 12.3 Å². The lowest BCUT2D eigenvalue weighted by Crippen LogP contribution is -2.42. The van der Waals surface area contributed by atoms with E-state index in [1.54, 1.807) is 26.1 Å². The third-order valence-electron chi connectivity index (χ3n) is 2.40. The number of hydrogen-bond donors (Lipinski definition) is 2. The average Bonchev–Trinajstić information content (AvgIpc) is 2.60. The maximum Gasteiger partial charge on any atom is 0.269 e. The fourth-order valence-electron chi connectivity index (χ4n) is 1.53. The van der Waals surface area contributed by atoms with Crippen LogP contribution in [0.15, 0.2) is 12.3 Å². The molecular weight excluding hydrogens is 214 g/mol. The number of nitrogens with zero attached hydrogens (tertiary/aromatic N) is 1. The van der Waals surface area contributed by atoms with Crippen molar-refractivity contribution in [1.82, 2.24) is 9.88 Å². The molecular formula is C13H19N3O. The lowest BCUT2D eigenvalue weighted by Gasteiger charge is -2.20. The summed E-state index contributed by atoms with van der Waals surface area (Å²) in [4.78, 5) is 12.0. The number of rotatable bonds is 4. The number of carbonyl (C=O) groups excluding carboxylic acids is 1. The molecule has 0 aliphatic rings. The molecule has 4 nitrogen and oxygen atoms in total. The van der Waals surface area contributed by atoms with Gasteiger partial charge >= 0.3 is 0 Å². The first-order valence-electron chi connectivity index (χ1n) is 5.65. The van der Waals surface area contributed by atoms with E-state index in [1.807, 2.05) is 11.5 Å². The molecule has 0 bridgehead atoms. The number of carbonyl (C=O) groups is 1. The van der Waals surface area contributed by atoms with Gasteiger partial charge in [-0.1, -0.05) is 12.8 Å². The molecule has 4 heteroatoms. The monoisotopic (exact) mass is 233 g/mol. The van der Waals surface area contributed by atoms with Gasteiger partial charge in [-0.25, -0.2) is 0 Å². The van der Waals surface area contributed by atoms with Crippen molar-refractivity contribution in [3.8, 4) is 12.3 Å². The molecule has 0 aromatic carbocycles. The van der Waals surface area contributed by atoms with Crippen molar-refractivity contribution in [3.05, 3.63) is 18.0 Å². The fourth-order valence-corrected chi connectivity index (χ4v) is 1.53. The summed E-state index contributed by atoms with van der Waals surface area (Å²) in [6.07, 6.45) is 8.04. The lowest BCUT2D eigenvalue weighted by molar-refractivity contribution is 0.0920. The summed E-state index contributed by atoms with van der Waals surface area (Å²) in [6.45, 7) is 6.36. The van der Waals surface area contributed by atoms with Gasteiger partial charge in [0.15, 0.2) is 0 Å². The Hall–Kier alpha value is -1.89. The molecule has 1 rings (SSSR count). The Bertz CT molecular complexity index is 452. The van der Waals surface area contributed by atoms with Crippen LogP contribution in [-0.4, -0.2) is 16.0 Å². The normalized spacial score (nSPS) is 10.9. The van der Waals surface area contributed by atoms with Crippen LogP contribution in [0.4, 0.5) is 5.69 Å². The second-order valence-corrected chi connectivity index (χ2v) is 4.58. The summed E-state index contributed by atoms with van der Waals surface area (Å²) < 4.78 is 1.84. The largest absolute Gasteiger partial charge is 0.397 e. The Balaban J connectivity index is 2.93. The number of aryl methyl sites for hydroxylation is 1. The van der Waals surface area contributed by atoms with E-state index in [0.29, 0.717) is 11.4 Å². The first-order valence-corrected chi connectivity index (χ1v) is 5.65. The van der Waals surface area contributed by atoms with Crippen molar-refractivity contribution in [2.24, 2.45) is 0 Å². The number of aromatic nitrogens is 1. The lowest BCUT2D eigenvalue weighted by atomic mass is 10.1. The third-order valence-corrected chi connectivity index (χ3v) is 2.40. The van der Waals surface area contributed by atoms with Crippen LogP contribution >= 0.6 is 0 Å². The number of nitrogens with two attached hydrogens (primary N) is 1. The molecule has 0 atom stereocenters. The van der Waals surface area contributed by atoms with E-state index in [4.69, 9.17) is 12.2 Å². The molecule has 0 saturated carbocycles. The second kappa shape index (κ2) is 4.96. The van der Waals surface area contributed by atoms with Crippen LogP contribution in [0.1, 0.15) is 37.7 Å². The van der Waals surface area contributed by atoms with Crippen LogP contribution in [0.3, 0.4) is 0 Å². The van der Waals surface area contributed by atoms with Gasteiger partial charge in [0.1, 0.15) is 5.69 Å². The van der Waals surface area contributed by atoms with E-state index in [1.165, 1.54) is 0 Å². The summed E-state index contributed by atoms with van der Waals surface area (Å²) in [6, 6.07) is 1.66. The molecule has 1 heterocycles. The molecule has 3 N–H and O–H groups in total. The maximum absolute atomic E-state index is 12.0. The maximum atomic E-state index is 12.0. The smallest absolute Gasteiger partial charge is 0.269 e. The van der Waals surface area contributed by atoms with Gasteiger partial charge in [-0.05, 0) is 26.3 Å². The molecule has 0 fully saturated rings. The highest BCUT2D eigenvalue weighted by Gasteiger charge is 2.20. The number of nitrogens with one attached hydrogen (secondary N) is 1. The van der Waals surface area contributed by atoms with E-state index in [9.17, 15) is 4.79 Å². The van der Waals surface area contributed by atoms with E-state index in [-0.39, 0.29) is 5.91 Å². The number of anilines is 1. The van der Waals surface area contributed by atoms with Gasteiger partial charge in [-0.3, -0.25) is 4.79 Å². The van der Waals surface area contributed by atoms with Crippen LogP contribution in [0.5, 0.6) is 0 Å². The third kappa shape index (κ3) is 3.28. The summed E-state index contributed by atoms with van der Waals surface area (Å²) in [7, 11) is 0. The van der Waals surface area contributed by atoms with Gasteiger partial charge < -0.3 is 15.6 Å². The van der Waals surface area contributed by atoms with Gasteiger partial charge in [0.05, 0.1) is 11.2 Å². The molecule has 0 radical (unpaired) electrons. The van der Waals surface area contributed by atoms with E-state index < -0.39 is 5.54 Å². The van der Waals surface area contributed by atoms with Crippen LogP contribution in [-0.2, 0) is 6.54 Å². The number of nitrogen functional groups attached to an aromatic ring is 1. The average molecular weight is 233 g/mol. The standard InChI is InChI=1S/C13H19N3O/c1-5-7-16-9-10(14)8-11(16)12(17)15-13(3,4)6-2/h2,8-9H,5,7,14H2,1,3-4H3,(H,15,17). The van der Waals surface area contributed by atoms with Gasteiger partial charge in [0, 0.05) is 12.7 Å². The Labute approximate surface area is 102 Å². The highest BCUT2D eigenvalue weighted by atomic mass is 16.2. The first-order chi connectivity index (χ1) is 7.89.